The summed E-state index contributed by atoms with van der Waals surface area (Å²) in [4.78, 5) is 18.7. The second-order valence-corrected chi connectivity index (χ2v) is 9.14. The zero-order chi connectivity index (χ0) is 19.7. The smallest absolute Gasteiger partial charge is 0.244 e. The number of para-hydroxylation sites is 1. The second kappa shape index (κ2) is 8.34. The minimum absolute atomic E-state index is 0.00361. The number of likely N-dealkylation sites (tertiary alicyclic amines) is 2. The summed E-state index contributed by atoms with van der Waals surface area (Å²) < 4.78 is 11.6. The Morgan fingerprint density at radius 2 is 1.90 bits per heavy atom. The van der Waals surface area contributed by atoms with Crippen LogP contribution in [0.1, 0.15) is 38.5 Å². The normalized spacial score (nSPS) is 32.3. The largest absolute Gasteiger partial charge is 0.378 e. The molecule has 1 aromatic rings. The summed E-state index contributed by atoms with van der Waals surface area (Å²) in [5.41, 5.74) is 0.962. The predicted molar refractivity (Wildman–Crippen MR) is 112 cm³/mol. The summed E-state index contributed by atoms with van der Waals surface area (Å²) in [6.45, 7) is 5.70. The van der Waals surface area contributed by atoms with E-state index in [9.17, 15) is 4.79 Å². The number of anilines is 1. The van der Waals surface area contributed by atoms with Crippen LogP contribution in [-0.2, 0) is 14.3 Å². The number of benzene rings is 1. The third-order valence-electron chi connectivity index (χ3n) is 7.33. The van der Waals surface area contributed by atoms with E-state index in [0.717, 1.165) is 64.4 Å². The molecule has 29 heavy (non-hydrogen) atoms. The molecule has 6 nitrogen and oxygen atoms in total. The van der Waals surface area contributed by atoms with Crippen LogP contribution in [0.5, 0.6) is 0 Å². The van der Waals surface area contributed by atoms with Crippen LogP contribution >= 0.6 is 0 Å². The average molecular weight is 400 g/mol. The lowest BCUT2D eigenvalue weighted by Gasteiger charge is -2.52. The van der Waals surface area contributed by atoms with Crippen molar-refractivity contribution in [3.63, 3.8) is 0 Å². The molecule has 4 aliphatic heterocycles. The summed E-state index contributed by atoms with van der Waals surface area (Å²) >= 11 is 0. The first kappa shape index (κ1) is 19.5. The number of hydrogen-bond donors (Lipinski definition) is 1. The van der Waals surface area contributed by atoms with Gasteiger partial charge in [0.2, 0.25) is 5.91 Å². The molecule has 1 aromatic carbocycles. The van der Waals surface area contributed by atoms with Gasteiger partial charge in [-0.2, -0.15) is 0 Å². The molecule has 158 valence electrons. The fourth-order valence-electron chi connectivity index (χ4n) is 5.83. The molecule has 1 N–H and O–H groups in total. The van der Waals surface area contributed by atoms with Crippen LogP contribution in [-0.4, -0.2) is 78.9 Å². The summed E-state index contributed by atoms with van der Waals surface area (Å²) in [6.07, 6.45) is 6.74. The Morgan fingerprint density at radius 1 is 1.10 bits per heavy atom. The third kappa shape index (κ3) is 3.83. The monoisotopic (exact) mass is 399 g/mol. The number of rotatable bonds is 5. The molecule has 6 heteroatoms. The van der Waals surface area contributed by atoms with E-state index in [1.165, 1.54) is 19.3 Å². The van der Waals surface area contributed by atoms with Crippen molar-refractivity contribution in [3.8, 4) is 0 Å². The molecule has 1 amide bonds. The Balaban J connectivity index is 1.39. The fourth-order valence-corrected chi connectivity index (χ4v) is 5.83. The highest BCUT2D eigenvalue weighted by atomic mass is 16.5. The van der Waals surface area contributed by atoms with Gasteiger partial charge in [-0.05, 0) is 63.7 Å². The van der Waals surface area contributed by atoms with Gasteiger partial charge in [-0.3, -0.25) is 14.6 Å². The molecule has 0 aromatic heterocycles. The van der Waals surface area contributed by atoms with Gasteiger partial charge in [0.1, 0.15) is 6.04 Å². The average Bonchev–Trinajstić information content (AvgIpc) is 3.33. The maximum atomic E-state index is 13.5. The Kier molecular flexibility index (Phi) is 5.61. The first-order valence-electron chi connectivity index (χ1n) is 11.3. The predicted octanol–water partition coefficient (Wildman–Crippen LogP) is 2.50. The van der Waals surface area contributed by atoms with E-state index >= 15 is 0 Å². The summed E-state index contributed by atoms with van der Waals surface area (Å²) in [5.74, 6) is 0.0912. The van der Waals surface area contributed by atoms with Crippen molar-refractivity contribution in [1.82, 2.24) is 9.80 Å². The molecule has 0 bridgehead atoms. The minimum atomic E-state index is -0.210. The van der Waals surface area contributed by atoms with Crippen molar-refractivity contribution < 1.29 is 14.3 Å². The Hall–Kier alpha value is -1.47. The molecule has 4 saturated heterocycles. The molecule has 0 aliphatic carbocycles. The van der Waals surface area contributed by atoms with Gasteiger partial charge in [0.15, 0.2) is 0 Å². The van der Waals surface area contributed by atoms with Crippen molar-refractivity contribution >= 4 is 11.6 Å². The Morgan fingerprint density at radius 3 is 2.59 bits per heavy atom. The number of nitrogens with zero attached hydrogens (tertiary/aromatic N) is 2. The molecule has 0 unspecified atom stereocenters. The van der Waals surface area contributed by atoms with Crippen LogP contribution in [0.2, 0.25) is 0 Å². The maximum absolute atomic E-state index is 13.5. The fraction of sp³-hybridized carbons (Fsp3) is 0.696. The summed E-state index contributed by atoms with van der Waals surface area (Å²) in [7, 11) is 0. The molecule has 5 rings (SSSR count). The topological polar surface area (TPSA) is 54.0 Å². The quantitative estimate of drug-likeness (QED) is 0.825. The molecular formula is C23H33N3O3. The van der Waals surface area contributed by atoms with Crippen molar-refractivity contribution in [1.29, 1.82) is 0 Å². The number of amides is 1. The first-order valence-corrected chi connectivity index (χ1v) is 11.3. The van der Waals surface area contributed by atoms with Crippen LogP contribution < -0.4 is 5.32 Å². The van der Waals surface area contributed by atoms with Crippen LogP contribution in [0.4, 0.5) is 5.69 Å². The van der Waals surface area contributed by atoms with Crippen molar-refractivity contribution in [2.45, 2.75) is 62.3 Å². The molecule has 0 radical (unpaired) electrons. The van der Waals surface area contributed by atoms with E-state index in [-0.39, 0.29) is 23.6 Å². The summed E-state index contributed by atoms with van der Waals surface area (Å²) in [6, 6.07) is 10.2. The SMILES string of the molecule is O=C(Nc1ccccc1)[C@H]([C@@H]1CCCO1)N1CCC[C@]12CCCN(C1COC1)C2. The highest BCUT2D eigenvalue weighted by molar-refractivity contribution is 5.95. The number of nitrogens with one attached hydrogen (secondary N) is 1. The molecule has 4 aliphatic rings. The van der Waals surface area contributed by atoms with Crippen LogP contribution in [0.25, 0.3) is 0 Å². The minimum Gasteiger partial charge on any atom is -0.378 e. The zero-order valence-corrected chi connectivity index (χ0v) is 17.2. The van der Waals surface area contributed by atoms with Gasteiger partial charge in [0, 0.05) is 24.4 Å². The molecular weight excluding hydrogens is 366 g/mol. The van der Waals surface area contributed by atoms with Gasteiger partial charge in [0.05, 0.1) is 25.4 Å². The number of carbonyl (C=O) groups is 1. The number of hydrogen-bond acceptors (Lipinski definition) is 5. The van der Waals surface area contributed by atoms with Crippen LogP contribution in [0.3, 0.4) is 0 Å². The molecule has 4 heterocycles. The lowest BCUT2D eigenvalue weighted by atomic mass is 9.84. The van der Waals surface area contributed by atoms with Crippen molar-refractivity contribution in [2.24, 2.45) is 0 Å². The Labute approximate surface area is 173 Å². The number of piperidine rings is 1. The molecule has 4 fully saturated rings. The van der Waals surface area contributed by atoms with Crippen LogP contribution in [0, 0.1) is 0 Å². The van der Waals surface area contributed by atoms with Crippen molar-refractivity contribution in [3.05, 3.63) is 30.3 Å². The van der Waals surface area contributed by atoms with E-state index in [1.807, 2.05) is 30.3 Å². The number of carbonyl (C=O) groups excluding carboxylic acids is 1. The molecule has 1 spiro atoms. The number of ether oxygens (including phenoxy) is 2. The van der Waals surface area contributed by atoms with Gasteiger partial charge in [-0.15, -0.1) is 0 Å². The standard InChI is InChI=1S/C23H33N3O3/c27-22(24-18-7-2-1-3-8-18)21(20-9-4-14-29-20)26-13-6-11-23(26)10-5-12-25(17-23)19-15-28-16-19/h1-3,7-8,19-21H,4-6,9-17H2,(H,24,27)/t20-,21-,23-/m0/s1. The lowest BCUT2D eigenvalue weighted by molar-refractivity contribution is -0.134. The zero-order valence-electron chi connectivity index (χ0n) is 17.2. The summed E-state index contributed by atoms with van der Waals surface area (Å²) in [5, 5.41) is 3.18. The van der Waals surface area contributed by atoms with Gasteiger partial charge >= 0.3 is 0 Å². The van der Waals surface area contributed by atoms with E-state index < -0.39 is 0 Å². The highest BCUT2D eigenvalue weighted by Crippen LogP contribution is 2.41. The maximum Gasteiger partial charge on any atom is 0.244 e. The van der Waals surface area contributed by atoms with Gasteiger partial charge < -0.3 is 14.8 Å². The van der Waals surface area contributed by atoms with E-state index in [1.54, 1.807) is 0 Å². The molecule has 0 saturated carbocycles. The van der Waals surface area contributed by atoms with E-state index in [0.29, 0.717) is 6.04 Å². The van der Waals surface area contributed by atoms with Gasteiger partial charge in [-0.25, -0.2) is 0 Å². The van der Waals surface area contributed by atoms with Gasteiger partial charge in [0.25, 0.3) is 0 Å². The van der Waals surface area contributed by atoms with Gasteiger partial charge in [-0.1, -0.05) is 18.2 Å². The van der Waals surface area contributed by atoms with E-state index in [2.05, 4.69) is 15.1 Å². The third-order valence-corrected chi connectivity index (χ3v) is 7.33. The second-order valence-electron chi connectivity index (χ2n) is 9.14. The highest BCUT2D eigenvalue weighted by Gasteiger charge is 2.51. The molecule has 3 atom stereocenters. The van der Waals surface area contributed by atoms with Crippen LogP contribution in [0.15, 0.2) is 30.3 Å². The first-order chi connectivity index (χ1) is 14.3. The lowest BCUT2D eigenvalue weighted by Crippen LogP contribution is -2.65. The van der Waals surface area contributed by atoms with Crippen molar-refractivity contribution in [2.75, 3.05) is 44.8 Å². The van der Waals surface area contributed by atoms with E-state index in [4.69, 9.17) is 9.47 Å². The Bertz CT molecular complexity index is 705.